The molecule has 1 amide bonds. The number of benzene rings is 1. The van der Waals surface area contributed by atoms with Crippen LogP contribution < -0.4 is 15.4 Å². The van der Waals surface area contributed by atoms with Crippen molar-refractivity contribution in [1.82, 2.24) is 10.6 Å². The van der Waals surface area contributed by atoms with Crippen LogP contribution in [0, 0.1) is 5.82 Å². The van der Waals surface area contributed by atoms with E-state index >= 15 is 0 Å². The maximum absolute atomic E-state index is 13.5. The fraction of sp³-hybridized carbons (Fsp3) is 0.462. The van der Waals surface area contributed by atoms with Gasteiger partial charge in [-0.2, -0.15) is 0 Å². The summed E-state index contributed by atoms with van der Waals surface area (Å²) in [6.07, 6.45) is 2.01. The molecule has 1 aromatic carbocycles. The first-order chi connectivity index (χ1) is 9.15. The van der Waals surface area contributed by atoms with Crippen LogP contribution in [0.25, 0.3) is 0 Å². The second-order valence-corrected chi connectivity index (χ2v) is 5.39. The number of halogens is 2. The maximum Gasteiger partial charge on any atom is 0.258 e. The number of amides is 1. The van der Waals surface area contributed by atoms with Crippen molar-refractivity contribution in [1.29, 1.82) is 0 Å². The maximum atomic E-state index is 13.5. The van der Waals surface area contributed by atoms with Crippen LogP contribution in [0.15, 0.2) is 22.7 Å². The largest absolute Gasteiger partial charge is 0.481 e. The van der Waals surface area contributed by atoms with Gasteiger partial charge in [0.2, 0.25) is 0 Å². The Hall–Kier alpha value is -1.14. The third-order valence-corrected chi connectivity index (χ3v) is 3.41. The van der Waals surface area contributed by atoms with Gasteiger partial charge in [-0.3, -0.25) is 4.79 Å². The molecule has 1 heterocycles. The number of nitrogens with one attached hydrogen (secondary N) is 2. The van der Waals surface area contributed by atoms with Gasteiger partial charge in [0.15, 0.2) is 18.2 Å². The smallest absolute Gasteiger partial charge is 0.258 e. The molecule has 6 heteroatoms. The molecule has 2 rings (SSSR count). The zero-order chi connectivity index (χ0) is 13.7. The Labute approximate surface area is 119 Å². The average molecular weight is 331 g/mol. The van der Waals surface area contributed by atoms with Crippen LogP contribution in [-0.2, 0) is 4.79 Å². The molecule has 104 valence electrons. The Balaban J connectivity index is 1.79. The first-order valence-electron chi connectivity index (χ1n) is 6.23. The van der Waals surface area contributed by atoms with Gasteiger partial charge in [-0.15, -0.1) is 0 Å². The fourth-order valence-electron chi connectivity index (χ4n) is 1.98. The van der Waals surface area contributed by atoms with Crippen molar-refractivity contribution in [2.24, 2.45) is 0 Å². The number of rotatable bonds is 4. The van der Waals surface area contributed by atoms with Crippen LogP contribution in [0.1, 0.15) is 12.8 Å². The predicted octanol–water partition coefficient (Wildman–Crippen LogP) is 1.84. The number of piperidine rings is 1. The van der Waals surface area contributed by atoms with E-state index in [2.05, 4.69) is 26.6 Å². The van der Waals surface area contributed by atoms with Crippen LogP contribution in [-0.4, -0.2) is 31.6 Å². The Kier molecular flexibility index (Phi) is 5.15. The van der Waals surface area contributed by atoms with Gasteiger partial charge in [-0.1, -0.05) is 15.9 Å². The van der Waals surface area contributed by atoms with E-state index in [0.717, 1.165) is 25.9 Å². The summed E-state index contributed by atoms with van der Waals surface area (Å²) in [6, 6.07) is 4.61. The number of carbonyl (C=O) groups excluding carboxylic acids is 1. The van der Waals surface area contributed by atoms with Crippen LogP contribution in [0.5, 0.6) is 5.75 Å². The number of hydrogen-bond acceptors (Lipinski definition) is 3. The lowest BCUT2D eigenvalue weighted by atomic mass is 10.1. The van der Waals surface area contributed by atoms with Crippen molar-refractivity contribution in [3.63, 3.8) is 0 Å². The van der Waals surface area contributed by atoms with E-state index in [1.54, 1.807) is 6.07 Å². The van der Waals surface area contributed by atoms with E-state index in [1.165, 1.54) is 12.1 Å². The lowest BCUT2D eigenvalue weighted by molar-refractivity contribution is -0.123. The van der Waals surface area contributed by atoms with Gasteiger partial charge in [0.1, 0.15) is 0 Å². The molecule has 1 aliphatic heterocycles. The topological polar surface area (TPSA) is 50.4 Å². The van der Waals surface area contributed by atoms with Crippen molar-refractivity contribution < 1.29 is 13.9 Å². The van der Waals surface area contributed by atoms with E-state index < -0.39 is 5.82 Å². The van der Waals surface area contributed by atoms with Crippen molar-refractivity contribution in [2.75, 3.05) is 19.7 Å². The summed E-state index contributed by atoms with van der Waals surface area (Å²) in [4.78, 5) is 11.7. The Morgan fingerprint density at radius 1 is 1.58 bits per heavy atom. The van der Waals surface area contributed by atoms with E-state index in [1.807, 2.05) is 0 Å². The number of hydrogen-bond donors (Lipinski definition) is 2. The summed E-state index contributed by atoms with van der Waals surface area (Å²) >= 11 is 3.16. The molecule has 1 atom stereocenters. The van der Waals surface area contributed by atoms with E-state index in [-0.39, 0.29) is 24.3 Å². The van der Waals surface area contributed by atoms with Gasteiger partial charge in [-0.25, -0.2) is 4.39 Å². The summed E-state index contributed by atoms with van der Waals surface area (Å²) in [6.45, 7) is 1.60. The normalized spacial score (nSPS) is 18.9. The van der Waals surface area contributed by atoms with Crippen molar-refractivity contribution in [3.05, 3.63) is 28.5 Å². The molecule has 0 bridgehead atoms. The van der Waals surface area contributed by atoms with E-state index in [4.69, 9.17) is 4.74 Å². The molecule has 0 aromatic heterocycles. The molecule has 0 saturated carbocycles. The molecule has 0 aliphatic carbocycles. The highest BCUT2D eigenvalue weighted by Crippen LogP contribution is 2.21. The molecule has 2 N–H and O–H groups in total. The third kappa shape index (κ3) is 4.47. The molecular weight excluding hydrogens is 315 g/mol. The minimum absolute atomic E-state index is 0.0834. The van der Waals surface area contributed by atoms with Gasteiger partial charge in [0.05, 0.1) is 0 Å². The highest BCUT2D eigenvalue weighted by molar-refractivity contribution is 9.10. The molecule has 4 nitrogen and oxygen atoms in total. The lowest BCUT2D eigenvalue weighted by Crippen LogP contribution is -2.47. The Morgan fingerprint density at radius 2 is 2.42 bits per heavy atom. The summed E-state index contributed by atoms with van der Waals surface area (Å²) < 4.78 is 19.3. The SMILES string of the molecule is O=C(COc1ccc(Br)cc1F)N[C@H]1CCCNC1. The minimum Gasteiger partial charge on any atom is -0.481 e. The van der Waals surface area contributed by atoms with Crippen molar-refractivity contribution in [2.45, 2.75) is 18.9 Å². The first-order valence-corrected chi connectivity index (χ1v) is 7.02. The molecule has 1 aromatic rings. The van der Waals surface area contributed by atoms with Crippen molar-refractivity contribution in [3.8, 4) is 5.75 Å². The molecular formula is C13H16BrFN2O2. The first kappa shape index (κ1) is 14.3. The molecule has 0 unspecified atom stereocenters. The molecule has 1 aliphatic rings. The van der Waals surface area contributed by atoms with Gasteiger partial charge in [-0.05, 0) is 37.6 Å². The molecule has 19 heavy (non-hydrogen) atoms. The monoisotopic (exact) mass is 330 g/mol. The van der Waals surface area contributed by atoms with E-state index in [0.29, 0.717) is 4.47 Å². The second-order valence-electron chi connectivity index (χ2n) is 4.47. The van der Waals surface area contributed by atoms with Crippen LogP contribution in [0.2, 0.25) is 0 Å². The quantitative estimate of drug-likeness (QED) is 0.885. The summed E-state index contributed by atoms with van der Waals surface area (Å²) in [5, 5.41) is 6.07. The zero-order valence-electron chi connectivity index (χ0n) is 10.4. The molecule has 1 fully saturated rings. The molecule has 1 saturated heterocycles. The van der Waals surface area contributed by atoms with Gasteiger partial charge < -0.3 is 15.4 Å². The van der Waals surface area contributed by atoms with Gasteiger partial charge >= 0.3 is 0 Å². The van der Waals surface area contributed by atoms with Crippen molar-refractivity contribution >= 4 is 21.8 Å². The van der Waals surface area contributed by atoms with Crippen LogP contribution in [0.4, 0.5) is 4.39 Å². The third-order valence-electron chi connectivity index (χ3n) is 2.91. The second kappa shape index (κ2) is 6.86. The summed E-state index contributed by atoms with van der Waals surface area (Å²) in [5.74, 6) is -0.627. The van der Waals surface area contributed by atoms with Gasteiger partial charge in [0.25, 0.3) is 5.91 Å². The predicted molar refractivity (Wildman–Crippen MR) is 73.6 cm³/mol. The average Bonchev–Trinajstić information content (AvgIpc) is 2.39. The van der Waals surface area contributed by atoms with E-state index in [9.17, 15) is 9.18 Å². The standard InChI is InChI=1S/C13H16BrFN2O2/c14-9-3-4-12(11(15)6-9)19-8-13(18)17-10-2-1-5-16-7-10/h3-4,6,10,16H,1-2,5,7-8H2,(H,17,18)/t10-/m0/s1. The Bertz CT molecular complexity index is 450. The number of ether oxygens (including phenoxy) is 1. The van der Waals surface area contributed by atoms with Gasteiger partial charge in [0, 0.05) is 17.1 Å². The summed E-state index contributed by atoms with van der Waals surface area (Å²) in [7, 11) is 0. The molecule has 0 radical (unpaired) electrons. The Morgan fingerprint density at radius 3 is 3.11 bits per heavy atom. The van der Waals surface area contributed by atoms with Crippen LogP contribution >= 0.6 is 15.9 Å². The highest BCUT2D eigenvalue weighted by Gasteiger charge is 2.15. The summed E-state index contributed by atoms with van der Waals surface area (Å²) in [5.41, 5.74) is 0. The number of carbonyl (C=O) groups is 1. The highest BCUT2D eigenvalue weighted by atomic mass is 79.9. The fourth-order valence-corrected chi connectivity index (χ4v) is 2.31. The zero-order valence-corrected chi connectivity index (χ0v) is 12.0. The van der Waals surface area contributed by atoms with Crippen LogP contribution in [0.3, 0.4) is 0 Å². The molecule has 0 spiro atoms. The lowest BCUT2D eigenvalue weighted by Gasteiger charge is -2.23. The minimum atomic E-state index is -0.485.